The Hall–Kier alpha value is -1.83. The number of ketones is 1. The molecule has 0 radical (unpaired) electrons. The fourth-order valence-corrected chi connectivity index (χ4v) is 5.98. The number of hydrogen-bond donors (Lipinski definition) is 6. The van der Waals surface area contributed by atoms with E-state index in [0.29, 0.717) is 19.4 Å². The molecule has 0 aromatic rings. The van der Waals surface area contributed by atoms with Crippen LogP contribution in [0.25, 0.3) is 0 Å². The summed E-state index contributed by atoms with van der Waals surface area (Å²) in [6.07, 6.45) is 0.930. The normalized spacial score (nSPS) is 20.5. The molecule has 17 nitrogen and oxygen atoms in total. The summed E-state index contributed by atoms with van der Waals surface area (Å²) < 4.78 is 0. The summed E-state index contributed by atoms with van der Waals surface area (Å²) in [7, 11) is -1.68. The molecule has 2 saturated heterocycles. The number of aliphatic carboxylic acids is 3. The molecule has 6 N–H and O–H groups in total. The Labute approximate surface area is 313 Å². The number of amides is 2. The Kier molecular flexibility index (Phi) is 20.3. The molecule has 0 aromatic carbocycles. The number of carbonyl (C=O) groups excluding carboxylic acids is 3. The minimum Gasteiger partial charge on any atom is -0.480 e. The summed E-state index contributed by atoms with van der Waals surface area (Å²) in [4.78, 5) is 82.2. The monoisotopic (exact) mass is 828 g/mol. The zero-order valence-corrected chi connectivity index (χ0v) is 30.2. The van der Waals surface area contributed by atoms with Crippen molar-refractivity contribution < 1.29 is 94.1 Å². The summed E-state index contributed by atoms with van der Waals surface area (Å²) in [6, 6.07) is -0.944. The maximum atomic E-state index is 13.4. The largest absolute Gasteiger partial charge is 0.480 e. The summed E-state index contributed by atoms with van der Waals surface area (Å²) in [5, 5.41) is 50.1. The van der Waals surface area contributed by atoms with Gasteiger partial charge in [0.1, 0.15) is 11.8 Å². The molecule has 2 heterocycles. The zero-order chi connectivity index (χ0) is 35.3. The molecule has 0 unspecified atom stereocenters. The Morgan fingerprint density at radius 2 is 1.08 bits per heavy atom. The Morgan fingerprint density at radius 1 is 0.688 bits per heavy atom. The molecule has 274 valence electrons. The average molecular weight is 828 g/mol. The van der Waals surface area contributed by atoms with Gasteiger partial charge in [-0.05, 0) is 25.7 Å². The van der Waals surface area contributed by atoms with Crippen LogP contribution in [0.15, 0.2) is 0 Å². The number of nitrogens with zero attached hydrogens (tertiary/aromatic N) is 5. The topological polar surface area (TPSA) is 232 Å². The summed E-state index contributed by atoms with van der Waals surface area (Å²) in [5.41, 5.74) is 0. The molecular weight excluding hydrogens is 776 g/mol. The number of nitrogens with one attached hydrogen (secondary N) is 1. The van der Waals surface area contributed by atoms with Gasteiger partial charge in [0.2, 0.25) is 11.8 Å². The molecule has 2 fully saturated rings. The van der Waals surface area contributed by atoms with Gasteiger partial charge in [-0.3, -0.25) is 48.4 Å². The Morgan fingerprint density at radius 3 is 1.44 bits per heavy atom. The van der Waals surface area contributed by atoms with Crippen LogP contribution in [-0.2, 0) is 28.8 Å². The molecular formula is C29H51BGdN6O11. The van der Waals surface area contributed by atoms with Crippen LogP contribution >= 0.6 is 0 Å². The van der Waals surface area contributed by atoms with Gasteiger partial charge in [0.05, 0.1) is 32.1 Å². The van der Waals surface area contributed by atoms with E-state index < -0.39 is 54.7 Å². The molecule has 0 aliphatic carbocycles. The van der Waals surface area contributed by atoms with Crippen molar-refractivity contribution in [2.75, 3.05) is 85.1 Å². The second-order valence-corrected chi connectivity index (χ2v) is 12.8. The number of likely N-dealkylation sites (tertiary alicyclic amines) is 1. The molecule has 2 amide bonds. The van der Waals surface area contributed by atoms with Crippen LogP contribution in [0.3, 0.4) is 0 Å². The number of rotatable bonds is 15. The molecule has 2 aliphatic heterocycles. The van der Waals surface area contributed by atoms with Crippen molar-refractivity contribution >= 4 is 42.6 Å². The number of Topliss-reactive ketones (excluding diaryl/α,β-unsaturated/α-hetero) is 1. The van der Waals surface area contributed by atoms with Crippen LogP contribution in [0.5, 0.6) is 0 Å². The number of hydrogen-bond acceptors (Lipinski definition) is 12. The van der Waals surface area contributed by atoms with E-state index >= 15 is 0 Å². The van der Waals surface area contributed by atoms with Crippen LogP contribution in [0, 0.1) is 51.8 Å². The van der Waals surface area contributed by atoms with Crippen molar-refractivity contribution in [1.29, 1.82) is 0 Å². The molecule has 48 heavy (non-hydrogen) atoms. The van der Waals surface area contributed by atoms with E-state index in [0.717, 1.165) is 0 Å². The van der Waals surface area contributed by atoms with Crippen LogP contribution in [0.1, 0.15) is 40.0 Å². The molecule has 0 bridgehead atoms. The van der Waals surface area contributed by atoms with E-state index in [1.54, 1.807) is 33.4 Å². The van der Waals surface area contributed by atoms with Crippen LogP contribution in [-0.4, -0.2) is 190 Å². The van der Waals surface area contributed by atoms with Gasteiger partial charge in [-0.2, -0.15) is 0 Å². The minimum absolute atomic E-state index is 0. The third-order valence-electron chi connectivity index (χ3n) is 8.65. The van der Waals surface area contributed by atoms with E-state index in [2.05, 4.69) is 5.32 Å². The fraction of sp³-hybridized carbons (Fsp3) is 0.793. The second kappa shape index (κ2) is 22.1. The Bertz CT molecular complexity index is 1070. The van der Waals surface area contributed by atoms with Crippen LogP contribution < -0.4 is 5.32 Å². The number of carboxylic acids is 3. The molecule has 0 saturated carbocycles. The van der Waals surface area contributed by atoms with Crippen molar-refractivity contribution in [3.05, 3.63) is 0 Å². The third-order valence-corrected chi connectivity index (χ3v) is 8.65. The van der Waals surface area contributed by atoms with E-state index in [-0.39, 0.29) is 137 Å². The predicted octanol–water partition coefficient (Wildman–Crippen LogP) is -2.80. The molecule has 2 aliphatic rings. The SMILES string of the molecule is CC(C)[C@H](CC(=O)CN1CCN(CC(=O)O)CCN(CC(=O)O)CCN(CC(=O)O)CC1)C(=O)N[C@H](C)C(=O)N1CCC[C@H]1B(O)O.[Gd]. The Balaban J connectivity index is 0.0000115. The third kappa shape index (κ3) is 15.8. The first-order valence-electron chi connectivity index (χ1n) is 16.1. The second-order valence-electron chi connectivity index (χ2n) is 12.8. The zero-order valence-electron chi connectivity index (χ0n) is 28.0. The number of carboxylic acid groups (broad SMARTS) is 3. The van der Waals surface area contributed by atoms with Gasteiger partial charge in [0, 0.05) is 111 Å². The van der Waals surface area contributed by atoms with E-state index in [4.69, 9.17) is 0 Å². The van der Waals surface area contributed by atoms with Gasteiger partial charge in [-0.1, -0.05) is 13.8 Å². The maximum Gasteiger partial charge on any atom is 0.475 e. The van der Waals surface area contributed by atoms with Gasteiger partial charge >= 0.3 is 25.0 Å². The fourth-order valence-electron chi connectivity index (χ4n) is 5.98. The molecule has 2 rings (SSSR count). The van der Waals surface area contributed by atoms with Crippen LogP contribution in [0.4, 0.5) is 0 Å². The molecule has 3 atom stereocenters. The molecule has 19 heteroatoms. The van der Waals surface area contributed by atoms with Gasteiger partial charge in [0.15, 0.2) is 0 Å². The molecule has 0 aromatic heterocycles. The van der Waals surface area contributed by atoms with Crippen molar-refractivity contribution in [1.82, 2.24) is 29.8 Å². The van der Waals surface area contributed by atoms with Crippen molar-refractivity contribution in [3.8, 4) is 0 Å². The first-order chi connectivity index (χ1) is 22.1. The van der Waals surface area contributed by atoms with E-state index in [9.17, 15) is 54.1 Å². The first-order valence-corrected chi connectivity index (χ1v) is 16.1. The van der Waals surface area contributed by atoms with Gasteiger partial charge in [0.25, 0.3) is 0 Å². The minimum atomic E-state index is -1.68. The maximum absolute atomic E-state index is 13.4. The summed E-state index contributed by atoms with van der Waals surface area (Å²) >= 11 is 0. The van der Waals surface area contributed by atoms with E-state index in [1.807, 2.05) is 0 Å². The summed E-state index contributed by atoms with van der Waals surface area (Å²) in [6.45, 7) is 6.62. The van der Waals surface area contributed by atoms with Gasteiger partial charge in [-0.25, -0.2) is 0 Å². The van der Waals surface area contributed by atoms with E-state index in [1.165, 1.54) is 11.8 Å². The quantitative estimate of drug-likeness (QED) is 0.0917. The van der Waals surface area contributed by atoms with Gasteiger partial charge in [-0.15, -0.1) is 0 Å². The standard InChI is InChI=1S/C29H51BN6O11.Gd/c1-20(2)23(28(44)31-21(3)29(45)36-6-4-5-24(36)30(46)47)15-22(37)16-32-7-9-33(17-25(38)39)11-13-35(19-27(42)43)14-12-34(10-8-32)18-26(40)41;/h20-21,23-24,46-47H,4-19H2,1-3H3,(H,31,44)(H,38,39)(H,40,41)(H,42,43);/t21-,23+,24+;/m1./s1. The molecule has 0 spiro atoms. The smallest absolute Gasteiger partial charge is 0.475 e. The first kappa shape index (κ1) is 44.2. The van der Waals surface area contributed by atoms with Crippen LogP contribution in [0.2, 0.25) is 0 Å². The number of carbonyl (C=O) groups is 6. The van der Waals surface area contributed by atoms with Crippen molar-refractivity contribution in [2.24, 2.45) is 11.8 Å². The average Bonchev–Trinajstić information content (AvgIpc) is 3.46. The van der Waals surface area contributed by atoms with Crippen molar-refractivity contribution in [2.45, 2.75) is 52.0 Å². The predicted molar refractivity (Wildman–Crippen MR) is 169 cm³/mol. The van der Waals surface area contributed by atoms with Crippen molar-refractivity contribution in [3.63, 3.8) is 0 Å². The van der Waals surface area contributed by atoms with Gasteiger partial charge < -0.3 is 35.6 Å². The summed E-state index contributed by atoms with van der Waals surface area (Å²) in [5.74, 6) is -6.08.